The first-order valence-electron chi connectivity index (χ1n) is 6.68. The van der Waals surface area contributed by atoms with Crippen LogP contribution in [0.4, 0.5) is 5.69 Å². The van der Waals surface area contributed by atoms with Gasteiger partial charge >= 0.3 is 0 Å². The van der Waals surface area contributed by atoms with E-state index in [1.54, 1.807) is 30.3 Å². The summed E-state index contributed by atoms with van der Waals surface area (Å²) in [5, 5.41) is 3.38. The molecule has 23 heavy (non-hydrogen) atoms. The second-order valence-electron chi connectivity index (χ2n) is 4.63. The van der Waals surface area contributed by atoms with E-state index < -0.39 is 10.0 Å². The third-order valence-corrected chi connectivity index (χ3v) is 4.93. The van der Waals surface area contributed by atoms with E-state index in [9.17, 15) is 13.2 Å². The minimum absolute atomic E-state index is 0.0196. The molecule has 0 aromatic heterocycles. The highest BCUT2D eigenvalue weighted by molar-refractivity contribution is 7.89. The van der Waals surface area contributed by atoms with Crippen LogP contribution in [0.1, 0.15) is 6.42 Å². The zero-order valence-corrected chi connectivity index (χ0v) is 14.3. The van der Waals surface area contributed by atoms with Crippen molar-refractivity contribution in [2.75, 3.05) is 11.9 Å². The monoisotopic (exact) mass is 372 g/mol. The molecule has 5 nitrogen and oxygen atoms in total. The Hall–Kier alpha value is -1.60. The van der Waals surface area contributed by atoms with Crippen molar-refractivity contribution in [3.63, 3.8) is 0 Å². The second-order valence-corrected chi connectivity index (χ2v) is 7.24. The normalized spacial score (nSPS) is 11.2. The van der Waals surface area contributed by atoms with E-state index in [2.05, 4.69) is 10.0 Å². The topological polar surface area (TPSA) is 75.3 Å². The summed E-state index contributed by atoms with van der Waals surface area (Å²) in [6, 6.07) is 12.6. The van der Waals surface area contributed by atoms with E-state index in [4.69, 9.17) is 23.2 Å². The van der Waals surface area contributed by atoms with Crippen molar-refractivity contribution in [1.29, 1.82) is 0 Å². The lowest BCUT2D eigenvalue weighted by atomic mass is 10.3. The molecule has 0 aliphatic rings. The minimum atomic E-state index is -3.62. The highest BCUT2D eigenvalue weighted by atomic mass is 35.5. The SMILES string of the molecule is O=C(CCNS(=O)(=O)c1ccccc1)Nc1ccc(Cl)cc1Cl. The Bertz CT molecular complexity index is 796. The van der Waals surface area contributed by atoms with Crippen molar-refractivity contribution in [3.8, 4) is 0 Å². The molecular weight excluding hydrogens is 359 g/mol. The molecule has 2 aromatic carbocycles. The van der Waals surface area contributed by atoms with Gasteiger partial charge in [-0.3, -0.25) is 4.79 Å². The van der Waals surface area contributed by atoms with Crippen molar-refractivity contribution in [2.45, 2.75) is 11.3 Å². The van der Waals surface area contributed by atoms with Crippen molar-refractivity contribution in [3.05, 3.63) is 58.6 Å². The average Bonchev–Trinajstić information content (AvgIpc) is 2.51. The Morgan fingerprint density at radius 3 is 2.39 bits per heavy atom. The maximum atomic E-state index is 12.0. The number of halogens is 2. The molecule has 0 radical (unpaired) electrons. The van der Waals surface area contributed by atoms with E-state index in [1.165, 1.54) is 18.2 Å². The summed E-state index contributed by atoms with van der Waals surface area (Å²) in [4.78, 5) is 12.0. The van der Waals surface area contributed by atoms with Gasteiger partial charge in [-0.05, 0) is 30.3 Å². The fourth-order valence-electron chi connectivity index (χ4n) is 1.79. The van der Waals surface area contributed by atoms with Gasteiger partial charge in [-0.2, -0.15) is 0 Å². The lowest BCUT2D eigenvalue weighted by Gasteiger charge is -2.09. The zero-order valence-electron chi connectivity index (χ0n) is 11.9. The van der Waals surface area contributed by atoms with Crippen LogP contribution >= 0.6 is 23.2 Å². The number of anilines is 1. The molecule has 8 heteroatoms. The number of sulfonamides is 1. The van der Waals surface area contributed by atoms with Crippen LogP contribution in [-0.2, 0) is 14.8 Å². The molecule has 0 atom stereocenters. The molecule has 0 aliphatic heterocycles. The summed E-state index contributed by atoms with van der Waals surface area (Å²) < 4.78 is 26.3. The molecule has 0 heterocycles. The second kappa shape index (κ2) is 7.79. The number of carbonyl (C=O) groups is 1. The summed E-state index contributed by atoms with van der Waals surface area (Å²) in [5.41, 5.74) is 0.423. The molecule has 0 saturated heterocycles. The maximum Gasteiger partial charge on any atom is 0.240 e. The first kappa shape index (κ1) is 17.7. The fraction of sp³-hybridized carbons (Fsp3) is 0.133. The Morgan fingerprint density at radius 1 is 1.04 bits per heavy atom. The third-order valence-electron chi connectivity index (χ3n) is 2.90. The van der Waals surface area contributed by atoms with Crippen molar-refractivity contribution < 1.29 is 13.2 Å². The quantitative estimate of drug-likeness (QED) is 0.816. The maximum absolute atomic E-state index is 12.0. The summed E-state index contributed by atoms with van der Waals surface area (Å²) in [7, 11) is -3.62. The van der Waals surface area contributed by atoms with Crippen molar-refractivity contribution >= 4 is 44.8 Å². The van der Waals surface area contributed by atoms with E-state index in [0.717, 1.165) is 0 Å². The van der Waals surface area contributed by atoms with Gasteiger partial charge in [-0.15, -0.1) is 0 Å². The van der Waals surface area contributed by atoms with Gasteiger partial charge in [0.25, 0.3) is 0 Å². The molecule has 0 unspecified atom stereocenters. The molecule has 122 valence electrons. The molecular formula is C15H14Cl2N2O3S. The van der Waals surface area contributed by atoms with Gasteiger partial charge in [-0.25, -0.2) is 13.1 Å². The number of amides is 1. The summed E-state index contributed by atoms with van der Waals surface area (Å²) in [6.45, 7) is -0.0196. The largest absolute Gasteiger partial charge is 0.325 e. The van der Waals surface area contributed by atoms with Crippen LogP contribution in [0, 0.1) is 0 Å². The predicted octanol–water partition coefficient (Wildman–Crippen LogP) is 3.30. The first-order chi connectivity index (χ1) is 10.9. The molecule has 2 aromatic rings. The first-order valence-corrected chi connectivity index (χ1v) is 8.92. The van der Waals surface area contributed by atoms with Gasteiger partial charge in [0.1, 0.15) is 0 Å². The standard InChI is InChI=1S/C15H14Cl2N2O3S/c16-11-6-7-14(13(17)10-11)19-15(20)8-9-18-23(21,22)12-4-2-1-3-5-12/h1-7,10,18H,8-9H2,(H,19,20). The smallest absolute Gasteiger partial charge is 0.240 e. The molecule has 0 fully saturated rings. The molecule has 2 rings (SSSR count). The minimum Gasteiger partial charge on any atom is -0.325 e. The summed E-state index contributed by atoms with van der Waals surface area (Å²) in [5.74, 6) is -0.356. The van der Waals surface area contributed by atoms with Crippen LogP contribution in [0.15, 0.2) is 53.4 Å². The molecule has 2 N–H and O–H groups in total. The Balaban J connectivity index is 1.88. The molecule has 0 aliphatic carbocycles. The van der Waals surface area contributed by atoms with Gasteiger partial charge in [0, 0.05) is 18.0 Å². The van der Waals surface area contributed by atoms with Gasteiger partial charge in [0.15, 0.2) is 0 Å². The lowest BCUT2D eigenvalue weighted by Crippen LogP contribution is -2.27. The fourth-order valence-corrected chi connectivity index (χ4v) is 3.29. The van der Waals surface area contributed by atoms with Gasteiger partial charge in [0.2, 0.25) is 15.9 Å². The Morgan fingerprint density at radius 2 is 1.74 bits per heavy atom. The number of nitrogens with one attached hydrogen (secondary N) is 2. The van der Waals surface area contributed by atoms with E-state index >= 15 is 0 Å². The van der Waals surface area contributed by atoms with Gasteiger partial charge < -0.3 is 5.32 Å². The number of rotatable bonds is 6. The van der Waals surface area contributed by atoms with Crippen LogP contribution in [0.5, 0.6) is 0 Å². The zero-order chi connectivity index (χ0) is 16.9. The van der Waals surface area contributed by atoms with Gasteiger partial charge in [-0.1, -0.05) is 41.4 Å². The van der Waals surface area contributed by atoms with Crippen LogP contribution in [0.2, 0.25) is 10.0 Å². The number of hydrogen-bond donors (Lipinski definition) is 2. The summed E-state index contributed by atoms with van der Waals surface area (Å²) in [6.07, 6.45) is -0.0228. The summed E-state index contributed by atoms with van der Waals surface area (Å²) >= 11 is 11.7. The molecule has 0 bridgehead atoms. The van der Waals surface area contributed by atoms with Gasteiger partial charge in [0.05, 0.1) is 15.6 Å². The van der Waals surface area contributed by atoms with Crippen LogP contribution in [0.25, 0.3) is 0 Å². The number of carbonyl (C=O) groups excluding carboxylic acids is 1. The predicted molar refractivity (Wildman–Crippen MR) is 91.3 cm³/mol. The third kappa shape index (κ3) is 5.21. The van der Waals surface area contributed by atoms with Crippen LogP contribution in [0.3, 0.4) is 0 Å². The highest BCUT2D eigenvalue weighted by Gasteiger charge is 2.13. The number of benzene rings is 2. The van der Waals surface area contributed by atoms with E-state index in [1.807, 2.05) is 0 Å². The van der Waals surface area contributed by atoms with Crippen LogP contribution in [-0.4, -0.2) is 20.9 Å². The number of hydrogen-bond acceptors (Lipinski definition) is 3. The average molecular weight is 373 g/mol. The van der Waals surface area contributed by atoms with E-state index in [0.29, 0.717) is 15.7 Å². The van der Waals surface area contributed by atoms with Crippen molar-refractivity contribution in [2.24, 2.45) is 0 Å². The highest BCUT2D eigenvalue weighted by Crippen LogP contribution is 2.25. The molecule has 0 spiro atoms. The Kier molecular flexibility index (Phi) is 6.01. The van der Waals surface area contributed by atoms with Crippen molar-refractivity contribution in [1.82, 2.24) is 4.72 Å². The lowest BCUT2D eigenvalue weighted by molar-refractivity contribution is -0.116. The molecule has 1 amide bonds. The molecule has 0 saturated carbocycles. The Labute approximate surface area is 144 Å². The van der Waals surface area contributed by atoms with E-state index in [-0.39, 0.29) is 23.8 Å². The van der Waals surface area contributed by atoms with Crippen LogP contribution < -0.4 is 10.0 Å².